The first-order chi connectivity index (χ1) is 21.2. The number of rotatable bonds is 5. The summed E-state index contributed by atoms with van der Waals surface area (Å²) >= 11 is 6.83. The summed E-state index contributed by atoms with van der Waals surface area (Å²) in [6.07, 6.45) is 0. The lowest BCUT2D eigenvalue weighted by Crippen LogP contribution is -2.11. The topological polar surface area (TPSA) is 16.4 Å². The molecule has 2 nitrogen and oxygen atoms in total. The number of anilines is 3. The minimum atomic E-state index is 0.592. The van der Waals surface area contributed by atoms with Gasteiger partial charge in [-0.15, -0.1) is 0 Å². The quantitative estimate of drug-likeness (QED) is 0.204. The molecule has 0 atom stereocenters. The molecule has 0 unspecified atom stereocenters. The van der Waals surface area contributed by atoms with E-state index in [0.29, 0.717) is 10.6 Å². The van der Waals surface area contributed by atoms with E-state index >= 15 is 0 Å². The Morgan fingerprint density at radius 1 is 0.488 bits per heavy atom. The summed E-state index contributed by atoms with van der Waals surface area (Å²) in [7, 11) is 0. The highest BCUT2D eigenvalue weighted by Crippen LogP contribution is 2.48. The van der Waals surface area contributed by atoms with E-state index in [-0.39, 0.29) is 0 Å². The Balaban J connectivity index is 1.42. The number of para-hydroxylation sites is 1. The minimum absolute atomic E-state index is 0.592. The number of fused-ring (bicyclic) bond motifs is 4. The molecule has 0 bridgehead atoms. The summed E-state index contributed by atoms with van der Waals surface area (Å²) in [5.74, 6) is 0. The Hall–Kier alpha value is -5.31. The van der Waals surface area contributed by atoms with E-state index in [0.717, 1.165) is 55.3 Å². The van der Waals surface area contributed by atoms with Gasteiger partial charge in [-0.1, -0.05) is 127 Å². The van der Waals surface area contributed by atoms with Gasteiger partial charge in [0.05, 0.1) is 21.8 Å². The predicted octanol–water partition coefficient (Wildman–Crippen LogP) is 12.2. The van der Waals surface area contributed by atoms with Crippen LogP contribution in [0.25, 0.3) is 55.0 Å². The second-order valence-corrected chi connectivity index (χ2v) is 11.1. The highest BCUT2D eigenvalue weighted by Gasteiger charge is 2.23. The monoisotopic (exact) mass is 571 g/mol. The normalized spacial score (nSPS) is 11.4. The Bertz CT molecular complexity index is 2240. The van der Waals surface area contributed by atoms with Gasteiger partial charge >= 0.3 is 0 Å². The van der Waals surface area contributed by atoms with Crippen molar-refractivity contribution < 1.29 is 4.42 Å². The van der Waals surface area contributed by atoms with E-state index in [1.807, 2.05) is 12.1 Å². The van der Waals surface area contributed by atoms with Gasteiger partial charge in [0.15, 0.2) is 5.58 Å². The second-order valence-electron chi connectivity index (χ2n) is 10.7. The third-order valence-electron chi connectivity index (χ3n) is 8.12. The summed E-state index contributed by atoms with van der Waals surface area (Å²) in [6.45, 7) is 0. The lowest BCUT2D eigenvalue weighted by Gasteiger charge is -2.29. The van der Waals surface area contributed by atoms with Gasteiger partial charge in [0.25, 0.3) is 0 Å². The van der Waals surface area contributed by atoms with Crippen LogP contribution in [0.15, 0.2) is 162 Å². The third-order valence-corrected chi connectivity index (χ3v) is 8.42. The van der Waals surface area contributed by atoms with Gasteiger partial charge in [-0.05, 0) is 69.9 Å². The molecule has 3 heteroatoms. The molecule has 8 rings (SSSR count). The number of hydrogen-bond acceptors (Lipinski definition) is 2. The summed E-state index contributed by atoms with van der Waals surface area (Å²) in [4.78, 5) is 2.33. The summed E-state index contributed by atoms with van der Waals surface area (Å²) in [5.41, 5.74) is 9.26. The molecule has 0 spiro atoms. The fraction of sp³-hybridized carbons (Fsp3) is 0. The van der Waals surface area contributed by atoms with Crippen LogP contribution >= 0.6 is 11.6 Å². The van der Waals surface area contributed by atoms with E-state index in [1.165, 1.54) is 11.1 Å². The van der Waals surface area contributed by atoms with Crippen molar-refractivity contribution in [1.29, 1.82) is 0 Å². The van der Waals surface area contributed by atoms with Crippen LogP contribution in [-0.4, -0.2) is 0 Å². The van der Waals surface area contributed by atoms with Crippen LogP contribution in [0, 0.1) is 0 Å². The van der Waals surface area contributed by atoms with Crippen molar-refractivity contribution in [2.45, 2.75) is 0 Å². The van der Waals surface area contributed by atoms with Gasteiger partial charge < -0.3 is 9.32 Å². The van der Waals surface area contributed by atoms with Crippen molar-refractivity contribution in [3.63, 3.8) is 0 Å². The molecule has 0 aliphatic carbocycles. The molecular weight excluding hydrogens is 546 g/mol. The lowest BCUT2D eigenvalue weighted by atomic mass is 10.00. The number of nitrogens with zero attached hydrogens (tertiary/aromatic N) is 1. The molecule has 0 N–H and O–H groups in total. The van der Waals surface area contributed by atoms with Crippen molar-refractivity contribution in [2.75, 3.05) is 4.90 Å². The Morgan fingerprint density at radius 3 is 1.84 bits per heavy atom. The van der Waals surface area contributed by atoms with Crippen LogP contribution in [0.1, 0.15) is 0 Å². The Morgan fingerprint density at radius 2 is 1.09 bits per heavy atom. The fourth-order valence-electron chi connectivity index (χ4n) is 6.07. The number of hydrogen-bond donors (Lipinski definition) is 0. The molecule has 0 fully saturated rings. The Kier molecular flexibility index (Phi) is 6.21. The van der Waals surface area contributed by atoms with Crippen molar-refractivity contribution in [2.24, 2.45) is 0 Å². The molecule has 0 saturated carbocycles. The van der Waals surface area contributed by atoms with Gasteiger partial charge in [-0.25, -0.2) is 0 Å². The highest BCUT2D eigenvalue weighted by atomic mass is 35.5. The van der Waals surface area contributed by atoms with Gasteiger partial charge in [-0.2, -0.15) is 0 Å². The van der Waals surface area contributed by atoms with Crippen LogP contribution in [0.5, 0.6) is 0 Å². The molecular formula is C40H26ClNO. The van der Waals surface area contributed by atoms with E-state index in [4.69, 9.17) is 16.0 Å². The zero-order valence-corrected chi connectivity index (χ0v) is 24.0. The zero-order chi connectivity index (χ0) is 28.8. The van der Waals surface area contributed by atoms with Gasteiger partial charge in [0.2, 0.25) is 0 Å². The first kappa shape index (κ1) is 25.4. The number of furan rings is 1. The first-order valence-corrected chi connectivity index (χ1v) is 14.8. The number of halogens is 1. The van der Waals surface area contributed by atoms with Gasteiger partial charge in [0, 0.05) is 16.6 Å². The molecule has 0 aliphatic rings. The molecule has 8 aromatic rings. The third kappa shape index (κ3) is 4.44. The molecule has 1 aromatic heterocycles. The van der Waals surface area contributed by atoms with Crippen molar-refractivity contribution in [1.82, 2.24) is 0 Å². The fourth-order valence-corrected chi connectivity index (χ4v) is 6.27. The van der Waals surface area contributed by atoms with Crippen LogP contribution < -0.4 is 4.90 Å². The van der Waals surface area contributed by atoms with Crippen LogP contribution in [0.2, 0.25) is 5.02 Å². The average molecular weight is 572 g/mol. The van der Waals surface area contributed by atoms with Gasteiger partial charge in [-0.3, -0.25) is 0 Å². The molecule has 1 heterocycles. The minimum Gasteiger partial charge on any atom is -0.454 e. The van der Waals surface area contributed by atoms with E-state index in [1.54, 1.807) is 0 Å². The molecule has 7 aromatic carbocycles. The van der Waals surface area contributed by atoms with Crippen molar-refractivity contribution >= 4 is 61.4 Å². The molecule has 43 heavy (non-hydrogen) atoms. The van der Waals surface area contributed by atoms with E-state index in [9.17, 15) is 0 Å². The summed E-state index contributed by atoms with van der Waals surface area (Å²) in [6, 6.07) is 55.1. The van der Waals surface area contributed by atoms with Gasteiger partial charge in [0.1, 0.15) is 5.58 Å². The maximum absolute atomic E-state index is 6.83. The predicted molar refractivity (Wildman–Crippen MR) is 182 cm³/mol. The van der Waals surface area contributed by atoms with E-state index < -0.39 is 0 Å². The molecule has 0 aliphatic heterocycles. The molecule has 0 amide bonds. The zero-order valence-electron chi connectivity index (χ0n) is 23.2. The maximum atomic E-state index is 6.83. The van der Waals surface area contributed by atoms with Crippen LogP contribution in [0.4, 0.5) is 17.1 Å². The lowest BCUT2D eigenvalue weighted by molar-refractivity contribution is 0.669. The summed E-state index contributed by atoms with van der Waals surface area (Å²) < 4.78 is 6.49. The Labute approximate surface area is 255 Å². The second kappa shape index (κ2) is 10.5. The highest BCUT2D eigenvalue weighted by molar-refractivity contribution is 6.37. The summed E-state index contributed by atoms with van der Waals surface area (Å²) in [5, 5.41) is 4.91. The molecule has 0 radical (unpaired) electrons. The smallest absolute Gasteiger partial charge is 0.156 e. The standard InChI is InChI=1S/C40H26ClNO/c41-35-23-24-37(39-34-25-30-15-7-8-16-31(30)26-38(34)43-40(35)39)42(32-21-19-28(20-22-32)27-11-3-1-4-12-27)36-18-10-9-17-33(36)29-13-5-2-6-14-29/h1-26H. The van der Waals surface area contributed by atoms with Crippen molar-refractivity contribution in [3.05, 3.63) is 163 Å². The first-order valence-electron chi connectivity index (χ1n) is 14.4. The molecule has 204 valence electrons. The molecule has 0 saturated heterocycles. The van der Waals surface area contributed by atoms with Crippen LogP contribution in [-0.2, 0) is 0 Å². The maximum Gasteiger partial charge on any atom is 0.156 e. The average Bonchev–Trinajstić information content (AvgIpc) is 3.45. The van der Waals surface area contributed by atoms with E-state index in [2.05, 4.69) is 150 Å². The SMILES string of the molecule is Clc1ccc(N(c2ccc(-c3ccccc3)cc2)c2ccccc2-c2ccccc2)c2c1oc1cc3ccccc3cc12. The van der Waals surface area contributed by atoms with Crippen molar-refractivity contribution in [3.8, 4) is 22.3 Å². The number of benzene rings is 7. The largest absolute Gasteiger partial charge is 0.454 e. The van der Waals surface area contributed by atoms with Crippen LogP contribution in [0.3, 0.4) is 0 Å².